The minimum atomic E-state index is -3.84. The molecule has 1 aliphatic carbocycles. The molecule has 138 valence electrons. The molecule has 0 aromatic heterocycles. The maximum absolute atomic E-state index is 12.9. The number of rotatable bonds is 4. The fourth-order valence-corrected chi connectivity index (χ4v) is 5.59. The number of hydrogen-bond acceptors (Lipinski definition) is 5. The zero-order valence-electron chi connectivity index (χ0n) is 14.5. The summed E-state index contributed by atoms with van der Waals surface area (Å²) in [6.07, 6.45) is 4.88. The summed E-state index contributed by atoms with van der Waals surface area (Å²) in [6, 6.07) is 6.12. The molecule has 1 heterocycles. The van der Waals surface area contributed by atoms with Crippen molar-refractivity contribution < 1.29 is 13.3 Å². The van der Waals surface area contributed by atoms with E-state index in [4.69, 9.17) is 0 Å². The number of sulfonamides is 1. The highest BCUT2D eigenvalue weighted by Crippen LogP contribution is 2.30. The van der Waals surface area contributed by atoms with Crippen molar-refractivity contribution in [3.63, 3.8) is 0 Å². The zero-order chi connectivity index (χ0) is 18.0. The number of benzene rings is 1. The van der Waals surface area contributed by atoms with Crippen LogP contribution >= 0.6 is 0 Å². The van der Waals surface area contributed by atoms with Gasteiger partial charge in [0.15, 0.2) is 4.90 Å². The molecule has 1 saturated carbocycles. The van der Waals surface area contributed by atoms with Gasteiger partial charge in [0.2, 0.25) is 10.0 Å². The molecule has 2 atom stereocenters. The summed E-state index contributed by atoms with van der Waals surface area (Å²) < 4.78 is 27.1. The second-order valence-electron chi connectivity index (χ2n) is 7.09. The third-order valence-electron chi connectivity index (χ3n) is 5.38. The van der Waals surface area contributed by atoms with E-state index in [0.29, 0.717) is 32.2 Å². The topological polar surface area (TPSA) is 83.8 Å². The van der Waals surface area contributed by atoms with Crippen LogP contribution in [0.1, 0.15) is 32.6 Å². The summed E-state index contributed by atoms with van der Waals surface area (Å²) in [4.78, 5) is 12.7. The first-order valence-corrected chi connectivity index (χ1v) is 10.3. The van der Waals surface area contributed by atoms with E-state index in [1.807, 2.05) is 0 Å². The van der Waals surface area contributed by atoms with Crippen LogP contribution in [-0.4, -0.2) is 54.8 Å². The molecule has 1 aromatic carbocycles. The minimum absolute atomic E-state index is 0.209. The average molecular weight is 367 g/mol. The highest BCUT2D eigenvalue weighted by atomic mass is 32.2. The molecular weight excluding hydrogens is 342 g/mol. The Bertz CT molecular complexity index is 729. The first kappa shape index (κ1) is 18.3. The van der Waals surface area contributed by atoms with Gasteiger partial charge in [-0.2, -0.15) is 4.31 Å². The highest BCUT2D eigenvalue weighted by Gasteiger charge is 2.35. The van der Waals surface area contributed by atoms with Crippen molar-refractivity contribution in [3.8, 4) is 0 Å². The number of nitro groups is 1. The van der Waals surface area contributed by atoms with E-state index >= 15 is 0 Å². The van der Waals surface area contributed by atoms with Crippen molar-refractivity contribution >= 4 is 15.7 Å². The van der Waals surface area contributed by atoms with E-state index in [1.165, 1.54) is 54.3 Å². The summed E-state index contributed by atoms with van der Waals surface area (Å²) in [5, 5.41) is 11.2. The molecule has 1 aliphatic heterocycles. The predicted molar refractivity (Wildman–Crippen MR) is 94.8 cm³/mol. The number of para-hydroxylation sites is 1. The second kappa shape index (κ2) is 7.39. The van der Waals surface area contributed by atoms with Gasteiger partial charge in [-0.1, -0.05) is 31.9 Å². The molecule has 1 saturated heterocycles. The van der Waals surface area contributed by atoms with Crippen molar-refractivity contribution in [2.24, 2.45) is 5.92 Å². The smallest absolute Gasteiger partial charge is 0.289 e. The summed E-state index contributed by atoms with van der Waals surface area (Å²) in [7, 11) is -3.84. The fourth-order valence-electron chi connectivity index (χ4n) is 4.01. The van der Waals surface area contributed by atoms with Gasteiger partial charge in [-0.15, -0.1) is 0 Å². The van der Waals surface area contributed by atoms with Crippen LogP contribution in [0.15, 0.2) is 29.2 Å². The maximum Gasteiger partial charge on any atom is 0.289 e. The number of nitrogens with zero attached hydrogens (tertiary/aromatic N) is 3. The van der Waals surface area contributed by atoms with E-state index in [2.05, 4.69) is 11.8 Å². The van der Waals surface area contributed by atoms with Crippen LogP contribution in [0.3, 0.4) is 0 Å². The van der Waals surface area contributed by atoms with E-state index in [0.717, 1.165) is 5.92 Å². The summed E-state index contributed by atoms with van der Waals surface area (Å²) in [5.41, 5.74) is -0.356. The van der Waals surface area contributed by atoms with Crippen molar-refractivity contribution in [2.45, 2.75) is 43.5 Å². The first-order chi connectivity index (χ1) is 11.9. The van der Waals surface area contributed by atoms with Crippen molar-refractivity contribution in [1.82, 2.24) is 9.21 Å². The SMILES string of the molecule is C[C@@H]1CCC[C@@H](N2CCN(S(=O)(=O)c3ccccc3[N+](=O)[O-])CC2)C1. The Morgan fingerprint density at radius 3 is 2.44 bits per heavy atom. The third kappa shape index (κ3) is 3.86. The standard InChI is InChI=1S/C17H25N3O4S/c1-14-5-4-6-15(13-14)18-9-11-19(12-10-18)25(23,24)17-8-3-2-7-16(17)20(21)22/h2-3,7-8,14-15H,4-6,9-13H2,1H3/t14-,15-/m1/s1. The lowest BCUT2D eigenvalue weighted by Crippen LogP contribution is -2.52. The first-order valence-electron chi connectivity index (χ1n) is 8.87. The van der Waals surface area contributed by atoms with Crippen molar-refractivity contribution in [3.05, 3.63) is 34.4 Å². The van der Waals surface area contributed by atoms with Gasteiger partial charge in [0.05, 0.1) is 4.92 Å². The van der Waals surface area contributed by atoms with Crippen molar-refractivity contribution in [2.75, 3.05) is 26.2 Å². The van der Waals surface area contributed by atoms with Gasteiger partial charge >= 0.3 is 0 Å². The predicted octanol–water partition coefficient (Wildman–Crippen LogP) is 2.48. The van der Waals surface area contributed by atoms with E-state index < -0.39 is 14.9 Å². The Kier molecular flexibility index (Phi) is 5.41. The summed E-state index contributed by atoms with van der Waals surface area (Å²) >= 11 is 0. The van der Waals surface area contributed by atoms with E-state index in [9.17, 15) is 18.5 Å². The molecule has 1 aromatic rings. The minimum Gasteiger partial charge on any atom is -0.298 e. The third-order valence-corrected chi connectivity index (χ3v) is 7.32. The van der Waals surface area contributed by atoms with Crippen LogP contribution in [0, 0.1) is 16.0 Å². The van der Waals surface area contributed by atoms with Gasteiger partial charge in [-0.25, -0.2) is 8.42 Å². The van der Waals surface area contributed by atoms with Crippen molar-refractivity contribution in [1.29, 1.82) is 0 Å². The zero-order valence-corrected chi connectivity index (χ0v) is 15.3. The van der Waals surface area contributed by atoms with Gasteiger partial charge in [0.1, 0.15) is 0 Å². The van der Waals surface area contributed by atoms with Gasteiger partial charge in [0.25, 0.3) is 5.69 Å². The Labute approximate surface area is 148 Å². The van der Waals surface area contributed by atoms with Gasteiger partial charge in [-0.3, -0.25) is 15.0 Å². The Morgan fingerprint density at radius 2 is 1.80 bits per heavy atom. The largest absolute Gasteiger partial charge is 0.298 e. The maximum atomic E-state index is 12.9. The fraction of sp³-hybridized carbons (Fsp3) is 0.647. The molecule has 3 rings (SSSR count). The van der Waals surface area contributed by atoms with E-state index in [1.54, 1.807) is 0 Å². The lowest BCUT2D eigenvalue weighted by molar-refractivity contribution is -0.387. The number of piperazine rings is 1. The quantitative estimate of drug-likeness (QED) is 0.603. The summed E-state index contributed by atoms with van der Waals surface area (Å²) in [5.74, 6) is 0.729. The monoisotopic (exact) mass is 367 g/mol. The Hall–Kier alpha value is -1.51. The Morgan fingerprint density at radius 1 is 1.12 bits per heavy atom. The molecule has 0 spiro atoms. The molecule has 25 heavy (non-hydrogen) atoms. The second-order valence-corrected chi connectivity index (χ2v) is 9.00. The van der Waals surface area contributed by atoms with Crippen LogP contribution in [0.2, 0.25) is 0 Å². The molecule has 8 heteroatoms. The van der Waals surface area contributed by atoms with Crippen LogP contribution in [0.25, 0.3) is 0 Å². The molecular formula is C17H25N3O4S. The number of nitro benzene ring substituents is 1. The van der Waals surface area contributed by atoms with Crippen LogP contribution in [0.5, 0.6) is 0 Å². The van der Waals surface area contributed by atoms with Gasteiger partial charge < -0.3 is 0 Å². The average Bonchev–Trinajstić information content (AvgIpc) is 2.62. The number of hydrogen-bond donors (Lipinski definition) is 0. The lowest BCUT2D eigenvalue weighted by Gasteiger charge is -2.41. The molecule has 7 nitrogen and oxygen atoms in total. The molecule has 0 unspecified atom stereocenters. The van der Waals surface area contributed by atoms with E-state index in [-0.39, 0.29) is 10.6 Å². The molecule has 0 bridgehead atoms. The Balaban J connectivity index is 1.71. The molecule has 0 N–H and O–H groups in total. The van der Waals surface area contributed by atoms with Crippen LogP contribution in [0.4, 0.5) is 5.69 Å². The normalized spacial score (nSPS) is 26.4. The molecule has 2 fully saturated rings. The van der Waals surface area contributed by atoms with Gasteiger partial charge in [-0.05, 0) is 24.8 Å². The molecule has 0 amide bonds. The summed E-state index contributed by atoms with van der Waals surface area (Å²) in [6.45, 7) is 4.44. The highest BCUT2D eigenvalue weighted by molar-refractivity contribution is 7.89. The molecule has 2 aliphatic rings. The lowest BCUT2D eigenvalue weighted by atomic mass is 9.86. The van der Waals surface area contributed by atoms with Crippen LogP contribution in [-0.2, 0) is 10.0 Å². The van der Waals surface area contributed by atoms with Crippen LogP contribution < -0.4 is 0 Å². The van der Waals surface area contributed by atoms with Gasteiger partial charge in [0, 0.05) is 38.3 Å². The molecule has 0 radical (unpaired) electrons.